The highest BCUT2D eigenvalue weighted by molar-refractivity contribution is 5.82. The van der Waals surface area contributed by atoms with Crippen LogP contribution in [0.15, 0.2) is 36.7 Å². The summed E-state index contributed by atoms with van der Waals surface area (Å²) in [5, 5.41) is 10.5. The summed E-state index contributed by atoms with van der Waals surface area (Å²) in [6.07, 6.45) is 3.85. The summed E-state index contributed by atoms with van der Waals surface area (Å²) in [6, 6.07) is 7.89. The normalized spacial score (nSPS) is 9.79. The first-order valence-corrected chi connectivity index (χ1v) is 9.85. The first-order chi connectivity index (χ1) is 13.4. The SMILES string of the molecule is CC.CC.Cc1ccc2cn(C)nc2c1C.Cc1ccc2cn(C)nc2c1F. The molecule has 0 radical (unpaired) electrons. The molecule has 0 spiro atoms. The minimum atomic E-state index is -0.215. The number of hydrogen-bond acceptors (Lipinski definition) is 2. The predicted octanol–water partition coefficient (Wildman–Crippen LogP) is 6.26. The van der Waals surface area contributed by atoms with Crippen LogP contribution in [0.5, 0.6) is 0 Å². The Bertz CT molecular complexity index is 944. The van der Waals surface area contributed by atoms with E-state index in [1.807, 2.05) is 51.7 Å². The Morgan fingerprint density at radius 2 is 1.11 bits per heavy atom. The highest BCUT2D eigenvalue weighted by Gasteiger charge is 2.06. The highest BCUT2D eigenvalue weighted by atomic mass is 19.1. The minimum absolute atomic E-state index is 0.215. The zero-order valence-corrected chi connectivity index (χ0v) is 18.6. The van der Waals surface area contributed by atoms with E-state index >= 15 is 0 Å². The van der Waals surface area contributed by atoms with Gasteiger partial charge in [-0.2, -0.15) is 10.2 Å². The summed E-state index contributed by atoms with van der Waals surface area (Å²) in [5.74, 6) is -0.215. The molecule has 0 fully saturated rings. The van der Waals surface area contributed by atoms with Gasteiger partial charge in [0.1, 0.15) is 5.52 Å². The maximum Gasteiger partial charge on any atom is 0.154 e. The van der Waals surface area contributed by atoms with Crippen LogP contribution in [0.4, 0.5) is 4.39 Å². The molecule has 0 atom stereocenters. The monoisotopic (exact) mass is 384 g/mol. The van der Waals surface area contributed by atoms with Crippen LogP contribution in [0, 0.1) is 26.6 Å². The molecule has 4 rings (SSSR count). The maximum atomic E-state index is 13.3. The van der Waals surface area contributed by atoms with E-state index in [-0.39, 0.29) is 5.82 Å². The molecule has 0 amide bonds. The molecule has 4 nitrogen and oxygen atoms in total. The van der Waals surface area contributed by atoms with Crippen LogP contribution < -0.4 is 0 Å². The number of fused-ring (bicyclic) bond motifs is 2. The van der Waals surface area contributed by atoms with Gasteiger partial charge in [-0.15, -0.1) is 0 Å². The van der Waals surface area contributed by atoms with Crippen molar-refractivity contribution >= 4 is 21.8 Å². The number of hydrogen-bond donors (Lipinski definition) is 0. The van der Waals surface area contributed by atoms with E-state index in [1.165, 1.54) is 16.5 Å². The van der Waals surface area contributed by atoms with Gasteiger partial charge in [-0.05, 0) is 37.5 Å². The van der Waals surface area contributed by atoms with Crippen LogP contribution in [0.2, 0.25) is 0 Å². The van der Waals surface area contributed by atoms with E-state index in [2.05, 4.69) is 36.2 Å². The van der Waals surface area contributed by atoms with Gasteiger partial charge >= 0.3 is 0 Å². The number of benzene rings is 2. The molecule has 152 valence electrons. The minimum Gasteiger partial charge on any atom is -0.275 e. The molecule has 2 aromatic heterocycles. The van der Waals surface area contributed by atoms with E-state index in [4.69, 9.17) is 0 Å². The van der Waals surface area contributed by atoms with Gasteiger partial charge < -0.3 is 0 Å². The van der Waals surface area contributed by atoms with Gasteiger partial charge in [-0.1, -0.05) is 52.0 Å². The van der Waals surface area contributed by atoms with Crippen molar-refractivity contribution < 1.29 is 4.39 Å². The Hall–Kier alpha value is -2.69. The molecule has 4 aromatic rings. The van der Waals surface area contributed by atoms with Crippen LogP contribution in [-0.4, -0.2) is 19.6 Å². The van der Waals surface area contributed by atoms with Crippen molar-refractivity contribution in [3.63, 3.8) is 0 Å². The fourth-order valence-corrected chi connectivity index (χ4v) is 2.72. The number of halogens is 1. The molecule has 2 heterocycles. The van der Waals surface area contributed by atoms with E-state index in [1.54, 1.807) is 30.9 Å². The topological polar surface area (TPSA) is 35.6 Å². The van der Waals surface area contributed by atoms with Gasteiger partial charge in [0.05, 0.1) is 5.52 Å². The molecule has 0 aliphatic carbocycles. The molecule has 0 saturated heterocycles. The average Bonchev–Trinajstić information content (AvgIpc) is 3.28. The summed E-state index contributed by atoms with van der Waals surface area (Å²) in [4.78, 5) is 0. The molecule has 5 heteroatoms. The van der Waals surface area contributed by atoms with Crippen molar-refractivity contribution in [2.24, 2.45) is 14.1 Å². The largest absolute Gasteiger partial charge is 0.275 e. The van der Waals surface area contributed by atoms with E-state index in [0.29, 0.717) is 11.1 Å². The fraction of sp³-hybridized carbons (Fsp3) is 0.391. The standard InChI is InChI=1S/C10H12N2.C9H9FN2.2C2H6/c1-7-4-5-9-6-12(3)11-10(9)8(7)2;1-6-3-4-7-5-12(2)11-9(7)8(6)10;2*1-2/h4-6H,1-3H3;3-5H,1-2H3;2*1-2H3. The molecule has 2 aromatic carbocycles. The van der Waals surface area contributed by atoms with Crippen molar-refractivity contribution in [3.8, 4) is 0 Å². The van der Waals surface area contributed by atoms with Crippen molar-refractivity contribution in [2.45, 2.75) is 48.5 Å². The Morgan fingerprint density at radius 1 is 0.679 bits per heavy atom. The summed E-state index contributed by atoms with van der Waals surface area (Å²) >= 11 is 0. The van der Waals surface area contributed by atoms with Gasteiger partial charge in [-0.3, -0.25) is 9.36 Å². The number of aryl methyl sites for hydroxylation is 5. The van der Waals surface area contributed by atoms with Crippen LogP contribution in [-0.2, 0) is 14.1 Å². The lowest BCUT2D eigenvalue weighted by atomic mass is 10.1. The number of aromatic nitrogens is 4. The van der Waals surface area contributed by atoms with Crippen molar-refractivity contribution in [1.82, 2.24) is 19.6 Å². The molecule has 0 aliphatic rings. The van der Waals surface area contributed by atoms with Gasteiger partial charge in [0.15, 0.2) is 5.82 Å². The van der Waals surface area contributed by atoms with Gasteiger partial charge in [0.2, 0.25) is 0 Å². The second kappa shape index (κ2) is 10.6. The van der Waals surface area contributed by atoms with Crippen LogP contribution in [0.25, 0.3) is 21.8 Å². The highest BCUT2D eigenvalue weighted by Crippen LogP contribution is 2.19. The molecule has 0 aliphatic heterocycles. The zero-order valence-electron chi connectivity index (χ0n) is 18.6. The fourth-order valence-electron chi connectivity index (χ4n) is 2.72. The Morgan fingerprint density at radius 3 is 1.64 bits per heavy atom. The lowest BCUT2D eigenvalue weighted by Crippen LogP contribution is -1.87. The number of rotatable bonds is 0. The molecular formula is C23H33FN4. The lowest BCUT2D eigenvalue weighted by molar-refractivity contribution is 0.623. The van der Waals surface area contributed by atoms with Crippen molar-refractivity contribution in [3.05, 3.63) is 59.2 Å². The Kier molecular flexibility index (Phi) is 8.83. The molecular weight excluding hydrogens is 351 g/mol. The average molecular weight is 385 g/mol. The smallest absolute Gasteiger partial charge is 0.154 e. The molecule has 0 saturated carbocycles. The van der Waals surface area contributed by atoms with E-state index in [9.17, 15) is 4.39 Å². The predicted molar refractivity (Wildman–Crippen MR) is 118 cm³/mol. The number of nitrogens with zero attached hydrogens (tertiary/aromatic N) is 4. The van der Waals surface area contributed by atoms with Gasteiger partial charge in [0.25, 0.3) is 0 Å². The molecule has 28 heavy (non-hydrogen) atoms. The third-order valence-electron chi connectivity index (χ3n) is 4.24. The Labute approximate surface area is 168 Å². The third kappa shape index (κ3) is 5.18. The van der Waals surface area contributed by atoms with Gasteiger partial charge in [0, 0.05) is 37.3 Å². The summed E-state index contributed by atoms with van der Waals surface area (Å²) in [6.45, 7) is 14.0. The maximum absolute atomic E-state index is 13.3. The zero-order chi connectivity index (χ0) is 21.4. The first kappa shape index (κ1) is 23.3. The summed E-state index contributed by atoms with van der Waals surface area (Å²) in [5.41, 5.74) is 4.81. The van der Waals surface area contributed by atoms with E-state index in [0.717, 1.165) is 10.9 Å². The van der Waals surface area contributed by atoms with Crippen molar-refractivity contribution in [1.29, 1.82) is 0 Å². The summed E-state index contributed by atoms with van der Waals surface area (Å²) in [7, 11) is 3.74. The summed E-state index contributed by atoms with van der Waals surface area (Å²) < 4.78 is 16.8. The van der Waals surface area contributed by atoms with Crippen LogP contribution in [0.3, 0.4) is 0 Å². The van der Waals surface area contributed by atoms with Crippen molar-refractivity contribution in [2.75, 3.05) is 0 Å². The van der Waals surface area contributed by atoms with Gasteiger partial charge in [-0.25, -0.2) is 4.39 Å². The second-order valence-corrected chi connectivity index (χ2v) is 6.19. The molecule has 0 unspecified atom stereocenters. The van der Waals surface area contributed by atoms with E-state index < -0.39 is 0 Å². The second-order valence-electron chi connectivity index (χ2n) is 6.19. The third-order valence-corrected chi connectivity index (χ3v) is 4.24. The lowest BCUT2D eigenvalue weighted by Gasteiger charge is -1.97. The first-order valence-electron chi connectivity index (χ1n) is 9.85. The Balaban J connectivity index is 0.000000238. The molecule has 0 bridgehead atoms. The van der Waals surface area contributed by atoms with Crippen LogP contribution >= 0.6 is 0 Å². The quantitative estimate of drug-likeness (QED) is 0.358. The van der Waals surface area contributed by atoms with Crippen LogP contribution in [0.1, 0.15) is 44.4 Å². The molecule has 0 N–H and O–H groups in total.